The highest BCUT2D eigenvalue weighted by Gasteiger charge is 2.03. The molecule has 0 amide bonds. The van der Waals surface area contributed by atoms with Crippen LogP contribution in [0.25, 0.3) is 0 Å². The first-order valence-electron chi connectivity index (χ1n) is 6.14. The lowest BCUT2D eigenvalue weighted by atomic mass is 10.2. The Morgan fingerprint density at radius 2 is 1.50 bits per heavy atom. The monoisotopic (exact) mass is 241 g/mol. The fourth-order valence-electron chi connectivity index (χ4n) is 1.92. The summed E-state index contributed by atoms with van der Waals surface area (Å²) in [6.07, 6.45) is 0. The van der Waals surface area contributed by atoms with Crippen molar-refractivity contribution >= 4 is 5.69 Å². The van der Waals surface area contributed by atoms with Gasteiger partial charge < -0.3 is 9.64 Å². The van der Waals surface area contributed by atoms with E-state index < -0.39 is 0 Å². The highest BCUT2D eigenvalue weighted by molar-refractivity contribution is 5.52. The molecule has 0 aliphatic carbocycles. The maximum atomic E-state index is 5.77. The van der Waals surface area contributed by atoms with Crippen LogP contribution < -0.4 is 4.90 Å². The lowest BCUT2D eigenvalue weighted by molar-refractivity contribution is 0.107. The Bertz CT molecular complexity index is 479. The average molecular weight is 241 g/mol. The van der Waals surface area contributed by atoms with Crippen LogP contribution in [0.15, 0.2) is 54.6 Å². The zero-order valence-electron chi connectivity index (χ0n) is 11.0. The smallest absolute Gasteiger partial charge is 0.0741 e. The minimum Gasteiger partial charge on any atom is -0.377 e. The summed E-state index contributed by atoms with van der Waals surface area (Å²) in [7, 11) is 4.10. The molecule has 0 spiro atoms. The van der Waals surface area contributed by atoms with E-state index in [-0.39, 0.29) is 0 Å². The normalized spacial score (nSPS) is 10.3. The molecule has 2 aromatic rings. The maximum Gasteiger partial charge on any atom is 0.0741 e. The second-order valence-electron chi connectivity index (χ2n) is 4.50. The standard InChI is InChI=1S/C16H19NO/c1-17(2)16-11-7-6-10-15(16)13-18-12-14-8-4-3-5-9-14/h3-11H,12-13H2,1-2H3. The summed E-state index contributed by atoms with van der Waals surface area (Å²) in [6.45, 7) is 1.30. The number of para-hydroxylation sites is 1. The summed E-state index contributed by atoms with van der Waals surface area (Å²) < 4.78 is 5.77. The number of benzene rings is 2. The number of ether oxygens (including phenoxy) is 1. The molecule has 2 heteroatoms. The second-order valence-corrected chi connectivity index (χ2v) is 4.50. The van der Waals surface area contributed by atoms with Crippen molar-refractivity contribution in [2.45, 2.75) is 13.2 Å². The van der Waals surface area contributed by atoms with Gasteiger partial charge in [-0.05, 0) is 11.6 Å². The molecule has 2 rings (SSSR count). The van der Waals surface area contributed by atoms with E-state index in [0.29, 0.717) is 13.2 Å². The van der Waals surface area contributed by atoms with Crippen molar-refractivity contribution in [3.63, 3.8) is 0 Å². The molecular formula is C16H19NO. The molecule has 0 heterocycles. The molecule has 0 fully saturated rings. The molecule has 2 nitrogen and oxygen atoms in total. The lowest BCUT2D eigenvalue weighted by Gasteiger charge is -2.17. The van der Waals surface area contributed by atoms with Gasteiger partial charge in [-0.3, -0.25) is 0 Å². The molecule has 0 radical (unpaired) electrons. The van der Waals surface area contributed by atoms with Gasteiger partial charge in [0.25, 0.3) is 0 Å². The van der Waals surface area contributed by atoms with E-state index in [4.69, 9.17) is 4.74 Å². The van der Waals surface area contributed by atoms with Crippen LogP contribution >= 0.6 is 0 Å². The van der Waals surface area contributed by atoms with E-state index >= 15 is 0 Å². The minimum atomic E-state index is 0.642. The van der Waals surface area contributed by atoms with Crippen molar-refractivity contribution in [1.82, 2.24) is 0 Å². The zero-order valence-corrected chi connectivity index (χ0v) is 11.0. The van der Waals surface area contributed by atoms with Gasteiger partial charge >= 0.3 is 0 Å². The van der Waals surface area contributed by atoms with Gasteiger partial charge in [-0.2, -0.15) is 0 Å². The number of hydrogen-bond acceptors (Lipinski definition) is 2. The van der Waals surface area contributed by atoms with Gasteiger partial charge in [0.1, 0.15) is 0 Å². The molecule has 0 aliphatic rings. The summed E-state index contributed by atoms with van der Waals surface area (Å²) in [6, 6.07) is 18.6. The third-order valence-corrected chi connectivity index (χ3v) is 2.84. The van der Waals surface area contributed by atoms with Crippen LogP contribution in [0.2, 0.25) is 0 Å². The molecule has 0 aromatic heterocycles. The third-order valence-electron chi connectivity index (χ3n) is 2.84. The van der Waals surface area contributed by atoms with E-state index in [9.17, 15) is 0 Å². The average Bonchev–Trinajstić information content (AvgIpc) is 2.40. The van der Waals surface area contributed by atoms with Crippen LogP contribution in [0.1, 0.15) is 11.1 Å². The summed E-state index contributed by atoms with van der Waals surface area (Å²) in [5, 5.41) is 0. The van der Waals surface area contributed by atoms with E-state index in [1.54, 1.807) is 0 Å². The van der Waals surface area contributed by atoms with Gasteiger partial charge in [0, 0.05) is 25.3 Å². The van der Waals surface area contributed by atoms with Crippen LogP contribution in [0, 0.1) is 0 Å². The molecule has 0 saturated heterocycles. The quantitative estimate of drug-likeness (QED) is 0.794. The van der Waals surface area contributed by atoms with Crippen LogP contribution in [0.4, 0.5) is 5.69 Å². The Balaban J connectivity index is 1.94. The molecule has 18 heavy (non-hydrogen) atoms. The van der Waals surface area contributed by atoms with Gasteiger partial charge in [0.05, 0.1) is 13.2 Å². The third kappa shape index (κ3) is 3.34. The molecule has 2 aromatic carbocycles. The van der Waals surface area contributed by atoms with E-state index in [1.807, 2.05) is 24.3 Å². The number of anilines is 1. The van der Waals surface area contributed by atoms with Crippen molar-refractivity contribution in [2.75, 3.05) is 19.0 Å². The van der Waals surface area contributed by atoms with Crippen LogP contribution in [0.5, 0.6) is 0 Å². The van der Waals surface area contributed by atoms with Crippen LogP contribution in [0.3, 0.4) is 0 Å². The van der Waals surface area contributed by atoms with Crippen molar-refractivity contribution in [3.05, 3.63) is 65.7 Å². The van der Waals surface area contributed by atoms with Crippen molar-refractivity contribution in [1.29, 1.82) is 0 Å². The predicted octanol–water partition coefficient (Wildman–Crippen LogP) is 3.47. The summed E-state index contributed by atoms with van der Waals surface area (Å²) in [5.41, 5.74) is 3.64. The predicted molar refractivity (Wildman–Crippen MR) is 75.7 cm³/mol. The van der Waals surface area contributed by atoms with Gasteiger partial charge in [-0.15, -0.1) is 0 Å². The Labute approximate surface area is 109 Å². The second kappa shape index (κ2) is 6.22. The Morgan fingerprint density at radius 3 is 2.22 bits per heavy atom. The Morgan fingerprint density at radius 1 is 0.833 bits per heavy atom. The van der Waals surface area contributed by atoms with E-state index in [2.05, 4.69) is 49.3 Å². The van der Waals surface area contributed by atoms with E-state index in [0.717, 1.165) is 0 Å². The molecular weight excluding hydrogens is 222 g/mol. The molecule has 94 valence electrons. The van der Waals surface area contributed by atoms with E-state index in [1.165, 1.54) is 16.8 Å². The molecule has 0 saturated carbocycles. The number of nitrogens with zero attached hydrogens (tertiary/aromatic N) is 1. The summed E-state index contributed by atoms with van der Waals surface area (Å²) >= 11 is 0. The summed E-state index contributed by atoms with van der Waals surface area (Å²) in [4.78, 5) is 2.11. The molecule has 0 N–H and O–H groups in total. The maximum absolute atomic E-state index is 5.77. The fourth-order valence-corrected chi connectivity index (χ4v) is 1.92. The number of hydrogen-bond donors (Lipinski definition) is 0. The lowest BCUT2D eigenvalue weighted by Crippen LogP contribution is -2.11. The Kier molecular flexibility index (Phi) is 4.37. The van der Waals surface area contributed by atoms with Crippen molar-refractivity contribution in [2.24, 2.45) is 0 Å². The molecule has 0 aliphatic heterocycles. The highest BCUT2D eigenvalue weighted by atomic mass is 16.5. The van der Waals surface area contributed by atoms with Crippen LogP contribution in [-0.2, 0) is 18.0 Å². The highest BCUT2D eigenvalue weighted by Crippen LogP contribution is 2.19. The van der Waals surface area contributed by atoms with Crippen molar-refractivity contribution < 1.29 is 4.74 Å². The fraction of sp³-hybridized carbons (Fsp3) is 0.250. The number of rotatable bonds is 5. The minimum absolute atomic E-state index is 0.642. The van der Waals surface area contributed by atoms with Gasteiger partial charge in [0.15, 0.2) is 0 Å². The molecule has 0 bridgehead atoms. The summed E-state index contributed by atoms with van der Waals surface area (Å²) in [5.74, 6) is 0. The first-order valence-corrected chi connectivity index (χ1v) is 6.14. The van der Waals surface area contributed by atoms with Gasteiger partial charge in [0.2, 0.25) is 0 Å². The largest absolute Gasteiger partial charge is 0.377 e. The zero-order chi connectivity index (χ0) is 12.8. The first-order chi connectivity index (χ1) is 8.77. The first kappa shape index (κ1) is 12.7. The SMILES string of the molecule is CN(C)c1ccccc1COCc1ccccc1. The van der Waals surface area contributed by atoms with Crippen LogP contribution in [-0.4, -0.2) is 14.1 Å². The van der Waals surface area contributed by atoms with Gasteiger partial charge in [-0.25, -0.2) is 0 Å². The molecule has 0 unspecified atom stereocenters. The molecule has 0 atom stereocenters. The van der Waals surface area contributed by atoms with Crippen molar-refractivity contribution in [3.8, 4) is 0 Å². The van der Waals surface area contributed by atoms with Gasteiger partial charge in [-0.1, -0.05) is 48.5 Å². The Hall–Kier alpha value is -1.80. The topological polar surface area (TPSA) is 12.5 Å².